The molecule has 2 heterocycles. The van der Waals surface area contributed by atoms with Crippen LogP contribution in [-0.4, -0.2) is 37.2 Å². The average Bonchev–Trinajstić information content (AvgIpc) is 3.39. The summed E-state index contributed by atoms with van der Waals surface area (Å²) in [7, 11) is -3.30. The van der Waals surface area contributed by atoms with E-state index in [2.05, 4.69) is 16.4 Å². The molecule has 1 N–H and O–H groups in total. The Balaban J connectivity index is 1.42. The van der Waals surface area contributed by atoms with Gasteiger partial charge in [0.15, 0.2) is 9.84 Å². The summed E-state index contributed by atoms with van der Waals surface area (Å²) in [5, 5.41) is 3.62. The topological polar surface area (TPSA) is 98.3 Å². The van der Waals surface area contributed by atoms with Crippen LogP contribution in [0, 0.1) is 6.92 Å². The third-order valence-corrected chi connectivity index (χ3v) is 8.36. The molecule has 0 saturated carbocycles. The summed E-state index contributed by atoms with van der Waals surface area (Å²) in [5.41, 5.74) is 4.55. The molecule has 0 aliphatic heterocycles. The number of aryl methyl sites for hydroxylation is 1. The van der Waals surface area contributed by atoms with E-state index in [4.69, 9.17) is 9.72 Å². The zero-order valence-corrected chi connectivity index (χ0v) is 23.6. The number of nitrogens with zero attached hydrogens (tertiary/aromatic N) is 2. The summed E-state index contributed by atoms with van der Waals surface area (Å²) in [6, 6.07) is 27.9. The smallest absolute Gasteiger partial charge is 0.228 e. The fourth-order valence-corrected chi connectivity index (χ4v) is 5.82. The normalized spacial score (nSPS) is 11.2. The Morgan fingerprint density at radius 1 is 0.900 bits per heavy atom. The first-order valence-electron chi connectivity index (χ1n) is 12.6. The van der Waals surface area contributed by atoms with Crippen molar-refractivity contribution < 1.29 is 17.9 Å². The van der Waals surface area contributed by atoms with Gasteiger partial charge in [0.1, 0.15) is 16.6 Å². The molecule has 5 aromatic rings. The molecule has 0 saturated heterocycles. The van der Waals surface area contributed by atoms with E-state index in [1.807, 2.05) is 67.6 Å². The van der Waals surface area contributed by atoms with Gasteiger partial charge in [-0.15, -0.1) is 11.3 Å². The highest BCUT2D eigenvalue weighted by Gasteiger charge is 2.18. The van der Waals surface area contributed by atoms with Gasteiger partial charge in [-0.25, -0.2) is 18.4 Å². The highest BCUT2D eigenvalue weighted by molar-refractivity contribution is 7.90. The lowest BCUT2D eigenvalue weighted by atomic mass is 10.1. The van der Waals surface area contributed by atoms with Crippen molar-refractivity contribution in [3.05, 3.63) is 103 Å². The zero-order valence-electron chi connectivity index (χ0n) is 22.0. The van der Waals surface area contributed by atoms with E-state index < -0.39 is 9.84 Å². The number of pyridine rings is 1. The number of hydrogen-bond donors (Lipinski definition) is 1. The number of aromatic nitrogens is 2. The number of carbonyl (C=O) groups excluding carboxylic acids is 1. The van der Waals surface area contributed by atoms with E-state index in [1.165, 1.54) is 17.6 Å². The molecule has 40 heavy (non-hydrogen) atoms. The van der Waals surface area contributed by atoms with E-state index in [0.717, 1.165) is 37.8 Å². The molecule has 2 aromatic heterocycles. The molecular weight excluding hydrogens is 542 g/mol. The molecule has 1 amide bonds. The summed E-state index contributed by atoms with van der Waals surface area (Å²) in [5.74, 6) is 0.950. The third-order valence-electron chi connectivity index (χ3n) is 6.08. The number of sulfone groups is 1. The van der Waals surface area contributed by atoms with Gasteiger partial charge in [-0.05, 0) is 55.0 Å². The molecule has 7 nitrogen and oxygen atoms in total. The zero-order chi connectivity index (χ0) is 28.1. The van der Waals surface area contributed by atoms with Crippen molar-refractivity contribution in [3.63, 3.8) is 0 Å². The lowest BCUT2D eigenvalue weighted by molar-refractivity contribution is -0.116. The molecule has 0 aliphatic rings. The van der Waals surface area contributed by atoms with Crippen molar-refractivity contribution in [2.75, 3.05) is 18.2 Å². The van der Waals surface area contributed by atoms with Crippen LogP contribution < -0.4 is 10.1 Å². The lowest BCUT2D eigenvalue weighted by Crippen LogP contribution is -2.16. The minimum absolute atomic E-state index is 0.184. The first-order valence-corrected chi connectivity index (χ1v) is 15.3. The Hall–Kier alpha value is -4.34. The van der Waals surface area contributed by atoms with Crippen LogP contribution in [-0.2, 0) is 14.6 Å². The monoisotopic (exact) mass is 569 g/mol. The number of rotatable bonds is 9. The second-order valence-corrected chi connectivity index (χ2v) is 12.3. The molecule has 0 unspecified atom stereocenters. The molecule has 5 rings (SSSR count). The van der Waals surface area contributed by atoms with Gasteiger partial charge in [0.2, 0.25) is 5.91 Å². The van der Waals surface area contributed by atoms with Crippen molar-refractivity contribution in [2.45, 2.75) is 18.2 Å². The number of ether oxygens (including phenoxy) is 1. The Bertz CT molecular complexity index is 1750. The Labute approximate surface area is 237 Å². The summed E-state index contributed by atoms with van der Waals surface area (Å²) in [6.07, 6.45) is 3.03. The van der Waals surface area contributed by atoms with Crippen molar-refractivity contribution in [3.8, 4) is 38.0 Å². The molecule has 202 valence electrons. The van der Waals surface area contributed by atoms with Crippen LogP contribution >= 0.6 is 11.3 Å². The molecule has 0 aliphatic carbocycles. The number of thiazole rings is 1. The quantitative estimate of drug-likeness (QED) is 0.213. The number of benzene rings is 3. The van der Waals surface area contributed by atoms with Crippen LogP contribution in [0.25, 0.3) is 32.3 Å². The fraction of sp³-hybridized carbons (Fsp3) is 0.129. The van der Waals surface area contributed by atoms with Gasteiger partial charge in [0.05, 0.1) is 28.5 Å². The number of para-hydroxylation sites is 1. The number of carbonyl (C=O) groups is 1. The van der Waals surface area contributed by atoms with Crippen molar-refractivity contribution >= 4 is 32.9 Å². The van der Waals surface area contributed by atoms with Gasteiger partial charge >= 0.3 is 0 Å². The molecule has 0 bridgehead atoms. The Morgan fingerprint density at radius 2 is 1.68 bits per heavy atom. The molecular formula is C31H27N3O4S2. The predicted octanol–water partition coefficient (Wildman–Crippen LogP) is 6.66. The average molecular weight is 570 g/mol. The largest absolute Gasteiger partial charge is 0.493 e. The Morgan fingerprint density at radius 3 is 2.40 bits per heavy atom. The van der Waals surface area contributed by atoms with Gasteiger partial charge in [-0.1, -0.05) is 54.1 Å². The lowest BCUT2D eigenvalue weighted by Gasteiger charge is -2.08. The second-order valence-electron chi connectivity index (χ2n) is 9.25. The van der Waals surface area contributed by atoms with Gasteiger partial charge < -0.3 is 10.1 Å². The van der Waals surface area contributed by atoms with E-state index in [1.54, 1.807) is 30.5 Å². The van der Waals surface area contributed by atoms with Gasteiger partial charge in [-0.2, -0.15) is 0 Å². The van der Waals surface area contributed by atoms with Crippen LogP contribution in [0.15, 0.2) is 102 Å². The first-order chi connectivity index (χ1) is 19.3. The predicted molar refractivity (Wildman–Crippen MR) is 159 cm³/mol. The molecule has 0 atom stereocenters. The van der Waals surface area contributed by atoms with E-state index in [0.29, 0.717) is 11.6 Å². The van der Waals surface area contributed by atoms with Crippen LogP contribution in [0.4, 0.5) is 5.82 Å². The minimum Gasteiger partial charge on any atom is -0.493 e. The molecule has 9 heteroatoms. The maximum absolute atomic E-state index is 12.6. The van der Waals surface area contributed by atoms with E-state index in [9.17, 15) is 13.2 Å². The number of nitrogens with one attached hydrogen (secondary N) is 1. The number of anilines is 1. The first kappa shape index (κ1) is 27.2. The Kier molecular flexibility index (Phi) is 8.04. The van der Waals surface area contributed by atoms with Crippen molar-refractivity contribution in [1.82, 2.24) is 9.97 Å². The molecule has 0 radical (unpaired) electrons. The fourth-order valence-electron chi connectivity index (χ4n) is 4.10. The van der Waals surface area contributed by atoms with E-state index in [-0.39, 0.29) is 23.8 Å². The van der Waals surface area contributed by atoms with Crippen LogP contribution in [0.5, 0.6) is 5.75 Å². The summed E-state index contributed by atoms with van der Waals surface area (Å²) < 4.78 is 29.5. The maximum Gasteiger partial charge on any atom is 0.228 e. The van der Waals surface area contributed by atoms with Gasteiger partial charge in [0, 0.05) is 23.6 Å². The minimum atomic E-state index is -3.30. The second kappa shape index (κ2) is 11.8. The van der Waals surface area contributed by atoms with Crippen LogP contribution in [0.1, 0.15) is 12.0 Å². The number of amides is 1. The molecule has 0 spiro atoms. The highest BCUT2D eigenvalue weighted by Crippen LogP contribution is 2.41. The van der Waals surface area contributed by atoms with Gasteiger partial charge in [0.25, 0.3) is 0 Å². The maximum atomic E-state index is 12.6. The molecule has 3 aromatic carbocycles. The van der Waals surface area contributed by atoms with Gasteiger partial charge in [-0.3, -0.25) is 4.79 Å². The summed E-state index contributed by atoms with van der Waals surface area (Å²) in [6.45, 7) is 2.28. The van der Waals surface area contributed by atoms with Crippen molar-refractivity contribution in [2.24, 2.45) is 0 Å². The highest BCUT2D eigenvalue weighted by atomic mass is 32.2. The SMILES string of the molecule is Cc1cccc(-c2nc(-c3ccc(S(C)(=O)=O)cc3)sc2-c2ccnc(NC(=O)CCOc3ccccc3)c2)c1. The van der Waals surface area contributed by atoms with E-state index >= 15 is 0 Å². The third kappa shape index (κ3) is 6.62. The van der Waals surface area contributed by atoms with Crippen LogP contribution in [0.2, 0.25) is 0 Å². The molecule has 0 fully saturated rings. The number of hydrogen-bond acceptors (Lipinski definition) is 7. The summed E-state index contributed by atoms with van der Waals surface area (Å²) in [4.78, 5) is 23.1. The standard InChI is InChI=1S/C31H27N3O4S2/c1-21-7-6-8-23(19-21)29-30(39-31(34-29)22-11-13-26(14-12-22)40(2,36)37)24-15-17-32-27(20-24)33-28(35)16-18-38-25-9-4-3-5-10-25/h3-15,17,19-20H,16,18H2,1-2H3,(H,32,33,35). The summed E-state index contributed by atoms with van der Waals surface area (Å²) >= 11 is 1.50. The van der Waals surface area contributed by atoms with Crippen LogP contribution in [0.3, 0.4) is 0 Å². The van der Waals surface area contributed by atoms with Crippen molar-refractivity contribution in [1.29, 1.82) is 0 Å².